The first kappa shape index (κ1) is 22.3. The lowest BCUT2D eigenvalue weighted by molar-refractivity contribution is -0.147. The van der Waals surface area contributed by atoms with E-state index in [1.165, 1.54) is 0 Å². The second-order valence-corrected chi connectivity index (χ2v) is 9.88. The monoisotopic (exact) mass is 492 g/mol. The topological polar surface area (TPSA) is 113 Å². The third kappa shape index (κ3) is 4.12. The number of rotatable bonds is 3. The van der Waals surface area contributed by atoms with E-state index in [2.05, 4.69) is 19.9 Å². The van der Waals surface area contributed by atoms with Crippen molar-refractivity contribution in [3.63, 3.8) is 0 Å². The Morgan fingerprint density at radius 1 is 1.12 bits per heavy atom. The maximum Gasteiger partial charge on any atom is 0.451 e. The molecule has 3 heterocycles. The standard InChI is InChI=1S/C21H19F3N6O3S/c1-34(32,33)28-13-4-2-12-3-5-17-16(19(31)15(12)8-13)9-14(10-25-17)29-6-7-30-18(11-29)26-27-20(30)21(22,23)24/h2-5,8-10,19,28,31H,6-7,11H2,1H3. The Labute approximate surface area is 192 Å². The lowest BCUT2D eigenvalue weighted by Gasteiger charge is -2.30. The maximum atomic E-state index is 13.1. The highest BCUT2D eigenvalue weighted by molar-refractivity contribution is 7.92. The number of fused-ring (bicyclic) bond motifs is 3. The first-order chi connectivity index (χ1) is 16.0. The molecule has 2 aromatic heterocycles. The molecule has 0 saturated heterocycles. The summed E-state index contributed by atoms with van der Waals surface area (Å²) >= 11 is 0. The Kier molecular flexibility index (Phi) is 5.13. The van der Waals surface area contributed by atoms with Gasteiger partial charge in [-0.05, 0) is 35.4 Å². The molecule has 0 amide bonds. The van der Waals surface area contributed by atoms with Gasteiger partial charge in [0.2, 0.25) is 15.8 Å². The van der Waals surface area contributed by atoms with Gasteiger partial charge in [-0.3, -0.25) is 9.71 Å². The SMILES string of the molecule is CS(=O)(=O)Nc1ccc2c(c1)C(O)c1cc(N3CCn4c(nnc4C(F)(F)F)C3)cnc1C=C2. The van der Waals surface area contributed by atoms with Crippen LogP contribution in [0.25, 0.3) is 12.2 Å². The van der Waals surface area contributed by atoms with Gasteiger partial charge in [0.25, 0.3) is 0 Å². The van der Waals surface area contributed by atoms with Crippen LogP contribution in [0.3, 0.4) is 0 Å². The van der Waals surface area contributed by atoms with Crippen molar-refractivity contribution in [2.45, 2.75) is 25.4 Å². The van der Waals surface area contributed by atoms with Gasteiger partial charge in [-0.15, -0.1) is 10.2 Å². The van der Waals surface area contributed by atoms with Crippen LogP contribution in [0.15, 0.2) is 30.5 Å². The smallest absolute Gasteiger partial charge is 0.384 e. The summed E-state index contributed by atoms with van der Waals surface area (Å²) < 4.78 is 66.0. The van der Waals surface area contributed by atoms with Gasteiger partial charge in [0.15, 0.2) is 5.82 Å². The van der Waals surface area contributed by atoms with E-state index in [1.807, 2.05) is 4.90 Å². The Morgan fingerprint density at radius 2 is 1.91 bits per heavy atom. The van der Waals surface area contributed by atoms with Crippen LogP contribution in [0.2, 0.25) is 0 Å². The predicted molar refractivity (Wildman–Crippen MR) is 118 cm³/mol. The number of nitrogens with one attached hydrogen (secondary N) is 1. The van der Waals surface area contributed by atoms with Crippen LogP contribution >= 0.6 is 0 Å². The zero-order valence-electron chi connectivity index (χ0n) is 17.8. The first-order valence-electron chi connectivity index (χ1n) is 10.2. The van der Waals surface area contributed by atoms with E-state index < -0.39 is 28.1 Å². The normalized spacial score (nSPS) is 17.6. The van der Waals surface area contributed by atoms with Crippen LogP contribution in [0.5, 0.6) is 0 Å². The summed E-state index contributed by atoms with van der Waals surface area (Å²) in [4.78, 5) is 6.27. The molecule has 3 aromatic rings. The van der Waals surface area contributed by atoms with Crippen LogP contribution < -0.4 is 9.62 Å². The quantitative estimate of drug-likeness (QED) is 0.578. The largest absolute Gasteiger partial charge is 0.451 e. The molecule has 178 valence electrons. The van der Waals surface area contributed by atoms with Gasteiger partial charge in [-0.25, -0.2) is 8.42 Å². The summed E-state index contributed by atoms with van der Waals surface area (Å²) in [7, 11) is -3.50. The zero-order chi connectivity index (χ0) is 24.3. The van der Waals surface area contributed by atoms with Crippen molar-refractivity contribution in [2.75, 3.05) is 22.4 Å². The second kappa shape index (κ2) is 7.81. The minimum Gasteiger partial charge on any atom is -0.384 e. The number of alkyl halides is 3. The molecule has 0 saturated carbocycles. The van der Waals surface area contributed by atoms with Gasteiger partial charge >= 0.3 is 6.18 Å². The van der Waals surface area contributed by atoms with Crippen molar-refractivity contribution in [1.29, 1.82) is 0 Å². The number of aromatic nitrogens is 4. The maximum absolute atomic E-state index is 13.1. The molecule has 0 fully saturated rings. The summed E-state index contributed by atoms with van der Waals surface area (Å²) in [6.45, 7) is 0.439. The van der Waals surface area contributed by atoms with Crippen LogP contribution in [0.1, 0.15) is 40.1 Å². The Bertz CT molecular complexity index is 1420. The van der Waals surface area contributed by atoms with Crippen LogP contribution in [0, 0.1) is 0 Å². The highest BCUT2D eigenvalue weighted by Gasteiger charge is 2.39. The number of sulfonamides is 1. The molecule has 1 unspecified atom stereocenters. The van der Waals surface area contributed by atoms with Gasteiger partial charge in [0.1, 0.15) is 6.10 Å². The molecule has 1 aliphatic heterocycles. The van der Waals surface area contributed by atoms with Crippen molar-refractivity contribution in [3.05, 3.63) is 64.5 Å². The Balaban J connectivity index is 1.47. The summed E-state index contributed by atoms with van der Waals surface area (Å²) in [5.41, 5.74) is 3.16. The predicted octanol–water partition coefficient (Wildman–Crippen LogP) is 2.65. The van der Waals surface area contributed by atoms with E-state index in [-0.39, 0.29) is 25.5 Å². The first-order valence-corrected chi connectivity index (χ1v) is 12.1. The molecule has 2 N–H and O–H groups in total. The minimum atomic E-state index is -4.58. The van der Waals surface area contributed by atoms with Crippen molar-refractivity contribution < 1.29 is 26.7 Å². The molecule has 1 aromatic carbocycles. The average molecular weight is 492 g/mol. The number of hydrogen-bond donors (Lipinski definition) is 2. The summed E-state index contributed by atoms with van der Waals surface area (Å²) in [5, 5.41) is 18.2. The average Bonchev–Trinajstić information content (AvgIpc) is 3.15. The lowest BCUT2D eigenvalue weighted by atomic mass is 9.97. The molecule has 1 atom stereocenters. The number of nitrogens with zero attached hydrogens (tertiary/aromatic N) is 5. The van der Waals surface area contributed by atoms with Crippen molar-refractivity contribution in [2.24, 2.45) is 0 Å². The highest BCUT2D eigenvalue weighted by atomic mass is 32.2. The summed E-state index contributed by atoms with van der Waals surface area (Å²) in [6.07, 6.45) is 0.493. The van der Waals surface area contributed by atoms with Crippen LogP contribution in [0.4, 0.5) is 24.5 Å². The number of aliphatic hydroxyl groups is 1. The van der Waals surface area contributed by atoms with Crippen molar-refractivity contribution >= 4 is 33.6 Å². The van der Waals surface area contributed by atoms with Crippen molar-refractivity contribution in [3.8, 4) is 0 Å². The molecule has 34 heavy (non-hydrogen) atoms. The molecule has 13 heteroatoms. The fourth-order valence-corrected chi connectivity index (χ4v) is 4.73. The van der Waals surface area contributed by atoms with Gasteiger partial charge in [0.05, 0.1) is 30.4 Å². The number of anilines is 2. The van der Waals surface area contributed by atoms with E-state index in [0.29, 0.717) is 33.8 Å². The number of aliphatic hydroxyl groups excluding tert-OH is 1. The molecule has 0 radical (unpaired) electrons. The lowest BCUT2D eigenvalue weighted by Crippen LogP contribution is -2.35. The van der Waals surface area contributed by atoms with Gasteiger partial charge < -0.3 is 14.6 Å². The molecule has 0 spiro atoms. The molecule has 0 bridgehead atoms. The van der Waals surface area contributed by atoms with Crippen molar-refractivity contribution in [1.82, 2.24) is 19.7 Å². The molecular formula is C21H19F3N6O3S. The van der Waals surface area contributed by atoms with Gasteiger partial charge in [-0.1, -0.05) is 12.1 Å². The van der Waals surface area contributed by atoms with Crippen LogP contribution in [-0.2, 0) is 29.3 Å². The van der Waals surface area contributed by atoms with E-state index >= 15 is 0 Å². The minimum absolute atomic E-state index is 0.0556. The Morgan fingerprint density at radius 3 is 2.65 bits per heavy atom. The molecule has 2 aliphatic rings. The van der Waals surface area contributed by atoms with Gasteiger partial charge in [0, 0.05) is 24.3 Å². The fourth-order valence-electron chi connectivity index (χ4n) is 4.18. The zero-order valence-corrected chi connectivity index (χ0v) is 18.6. The summed E-state index contributed by atoms with van der Waals surface area (Å²) in [6, 6.07) is 6.60. The number of hydrogen-bond acceptors (Lipinski definition) is 7. The fraction of sp³-hybridized carbons (Fsp3) is 0.286. The van der Waals surface area contributed by atoms with Crippen LogP contribution in [-0.4, -0.2) is 46.1 Å². The number of halogens is 3. The summed E-state index contributed by atoms with van der Waals surface area (Å²) in [5.74, 6) is -0.825. The molecule has 5 rings (SSSR count). The number of pyridine rings is 1. The molecule has 1 aliphatic carbocycles. The van der Waals surface area contributed by atoms with Gasteiger partial charge in [-0.2, -0.15) is 13.2 Å². The molecular weight excluding hydrogens is 473 g/mol. The second-order valence-electron chi connectivity index (χ2n) is 8.13. The third-order valence-corrected chi connectivity index (χ3v) is 6.31. The molecule has 9 nitrogen and oxygen atoms in total. The third-order valence-electron chi connectivity index (χ3n) is 5.71. The van der Waals surface area contributed by atoms with E-state index in [9.17, 15) is 26.7 Å². The number of benzene rings is 1. The van der Waals surface area contributed by atoms with E-state index in [0.717, 1.165) is 10.8 Å². The van der Waals surface area contributed by atoms with E-state index in [1.54, 1.807) is 42.6 Å². The highest BCUT2D eigenvalue weighted by Crippen LogP contribution is 2.36. The Hall–Kier alpha value is -3.45. The van der Waals surface area contributed by atoms with E-state index in [4.69, 9.17) is 0 Å².